The lowest BCUT2D eigenvalue weighted by atomic mass is 9.79. The van der Waals surface area contributed by atoms with Gasteiger partial charge in [0.05, 0.1) is 14.6 Å². The van der Waals surface area contributed by atoms with Gasteiger partial charge in [-0.3, -0.25) is 0 Å². The summed E-state index contributed by atoms with van der Waals surface area (Å²) in [5.41, 5.74) is 1.84. The third-order valence-electron chi connectivity index (χ3n) is 4.48. The predicted octanol–water partition coefficient (Wildman–Crippen LogP) is 5.44. The van der Waals surface area contributed by atoms with Crippen LogP contribution >= 0.6 is 34.8 Å². The van der Waals surface area contributed by atoms with Crippen LogP contribution in [0.1, 0.15) is 39.2 Å². The van der Waals surface area contributed by atoms with Gasteiger partial charge in [-0.25, -0.2) is 4.39 Å². The van der Waals surface area contributed by atoms with E-state index in [1.807, 2.05) is 28.7 Å². The average Bonchev–Trinajstić information content (AvgIpc) is 2.66. The molecule has 1 saturated carbocycles. The highest BCUT2D eigenvalue weighted by Gasteiger charge is 2.28. The van der Waals surface area contributed by atoms with Crippen LogP contribution in [-0.2, 0) is 0 Å². The van der Waals surface area contributed by atoms with E-state index in [0.29, 0.717) is 20.3 Å². The summed E-state index contributed by atoms with van der Waals surface area (Å²) in [6.07, 6.45) is 3.56. The van der Waals surface area contributed by atoms with Crippen LogP contribution in [-0.4, -0.2) is 9.55 Å². The molecule has 0 radical (unpaired) electrons. The zero-order valence-electron chi connectivity index (χ0n) is 11.6. The molecule has 20 heavy (non-hydrogen) atoms. The smallest absolute Gasteiger partial charge is 0.178 e. The van der Waals surface area contributed by atoms with Crippen LogP contribution in [0.4, 0.5) is 4.39 Å². The first-order valence-corrected chi connectivity index (χ1v) is 8.55. The number of nitrogens with zero attached hydrogens (tertiary/aromatic N) is 1. The monoisotopic (exact) mass is 404 g/mol. The van der Waals surface area contributed by atoms with E-state index in [1.54, 1.807) is 6.07 Å². The van der Waals surface area contributed by atoms with Crippen LogP contribution in [0.15, 0.2) is 12.1 Å². The highest BCUT2D eigenvalue weighted by atomic mass is 127. The van der Waals surface area contributed by atoms with Gasteiger partial charge in [-0.1, -0.05) is 13.8 Å². The predicted molar refractivity (Wildman–Crippen MR) is 91.0 cm³/mol. The molecule has 1 heterocycles. The fourth-order valence-electron chi connectivity index (χ4n) is 3.48. The standard InChI is InChI=1S/C15H18FIN2S/c1-8-3-4-13(9(2)5-8)19-14-6-10(16)11(17)7-12(14)18-15(19)20/h6-9,13H,3-5H2,1-2H3,(H,18,20). The Morgan fingerprint density at radius 1 is 1.35 bits per heavy atom. The number of aromatic amines is 1. The number of halogens is 2. The van der Waals surface area contributed by atoms with Gasteiger partial charge in [0.25, 0.3) is 0 Å². The van der Waals surface area contributed by atoms with Crippen molar-refractivity contribution < 1.29 is 4.39 Å². The SMILES string of the molecule is CC1CCC(n2c(=S)[nH]c3cc(I)c(F)cc32)C(C)C1. The molecule has 0 spiro atoms. The first-order chi connectivity index (χ1) is 9.47. The summed E-state index contributed by atoms with van der Waals surface area (Å²) < 4.78 is 17.4. The normalized spacial score (nSPS) is 27.1. The van der Waals surface area contributed by atoms with Gasteiger partial charge in [-0.2, -0.15) is 0 Å². The molecule has 1 fully saturated rings. The summed E-state index contributed by atoms with van der Waals surface area (Å²) in [5, 5.41) is 0. The summed E-state index contributed by atoms with van der Waals surface area (Å²) in [5.74, 6) is 1.18. The number of imidazole rings is 1. The molecular weight excluding hydrogens is 386 g/mol. The van der Waals surface area contributed by atoms with Gasteiger partial charge >= 0.3 is 0 Å². The number of fused-ring (bicyclic) bond motifs is 1. The maximum atomic E-state index is 13.9. The van der Waals surface area contributed by atoms with Gasteiger partial charge in [0.15, 0.2) is 4.77 Å². The van der Waals surface area contributed by atoms with Gasteiger partial charge in [-0.15, -0.1) is 0 Å². The molecule has 0 bridgehead atoms. The molecular formula is C15H18FIN2S. The van der Waals surface area contributed by atoms with Gasteiger partial charge in [0.1, 0.15) is 5.82 Å². The van der Waals surface area contributed by atoms with Crippen molar-refractivity contribution in [3.63, 3.8) is 0 Å². The lowest BCUT2D eigenvalue weighted by molar-refractivity contribution is 0.210. The molecule has 3 unspecified atom stereocenters. The molecule has 2 nitrogen and oxygen atoms in total. The second kappa shape index (κ2) is 5.40. The van der Waals surface area contributed by atoms with Crippen molar-refractivity contribution in [2.45, 2.75) is 39.2 Å². The zero-order valence-corrected chi connectivity index (χ0v) is 14.6. The van der Waals surface area contributed by atoms with E-state index in [1.165, 1.54) is 12.8 Å². The summed E-state index contributed by atoms with van der Waals surface area (Å²) in [6.45, 7) is 4.59. The minimum atomic E-state index is -0.169. The van der Waals surface area contributed by atoms with E-state index in [-0.39, 0.29) is 5.82 Å². The maximum Gasteiger partial charge on any atom is 0.178 e. The number of nitrogens with one attached hydrogen (secondary N) is 1. The van der Waals surface area contributed by atoms with E-state index in [0.717, 1.165) is 23.4 Å². The summed E-state index contributed by atoms with van der Waals surface area (Å²) in [4.78, 5) is 3.23. The molecule has 1 aliphatic carbocycles. The van der Waals surface area contributed by atoms with Crippen molar-refractivity contribution in [2.24, 2.45) is 11.8 Å². The van der Waals surface area contributed by atoms with Crippen molar-refractivity contribution in [3.05, 3.63) is 26.3 Å². The maximum absolute atomic E-state index is 13.9. The molecule has 0 saturated heterocycles. The van der Waals surface area contributed by atoms with E-state index in [4.69, 9.17) is 12.2 Å². The molecule has 2 aromatic rings. The number of rotatable bonds is 1. The Balaban J connectivity index is 2.13. The average molecular weight is 404 g/mol. The van der Waals surface area contributed by atoms with Gasteiger partial charge in [-0.05, 0) is 72.0 Å². The van der Waals surface area contributed by atoms with Crippen molar-refractivity contribution in [3.8, 4) is 0 Å². The third kappa shape index (κ3) is 2.43. The largest absolute Gasteiger partial charge is 0.331 e. The third-order valence-corrected chi connectivity index (χ3v) is 5.60. The summed E-state index contributed by atoms with van der Waals surface area (Å²) in [6, 6.07) is 3.84. The number of aromatic nitrogens is 2. The van der Waals surface area contributed by atoms with Crippen LogP contribution in [0.25, 0.3) is 11.0 Å². The Morgan fingerprint density at radius 3 is 2.80 bits per heavy atom. The Kier molecular flexibility index (Phi) is 3.92. The van der Waals surface area contributed by atoms with Crippen LogP contribution in [0.5, 0.6) is 0 Å². The van der Waals surface area contributed by atoms with Crippen LogP contribution < -0.4 is 0 Å². The first-order valence-electron chi connectivity index (χ1n) is 7.06. The molecule has 5 heteroatoms. The van der Waals surface area contributed by atoms with Crippen molar-refractivity contribution in [1.29, 1.82) is 0 Å². The second-order valence-corrected chi connectivity index (χ2v) is 7.60. The molecule has 3 atom stereocenters. The molecule has 1 aromatic heterocycles. The highest BCUT2D eigenvalue weighted by molar-refractivity contribution is 14.1. The van der Waals surface area contributed by atoms with Crippen LogP contribution in [0.3, 0.4) is 0 Å². The highest BCUT2D eigenvalue weighted by Crippen LogP contribution is 2.38. The minimum Gasteiger partial charge on any atom is -0.331 e. The van der Waals surface area contributed by atoms with Gasteiger partial charge in [0, 0.05) is 12.1 Å². The molecule has 1 N–H and O–H groups in total. The lowest BCUT2D eigenvalue weighted by Gasteiger charge is -2.33. The van der Waals surface area contributed by atoms with E-state index in [2.05, 4.69) is 23.4 Å². The molecule has 108 valence electrons. The van der Waals surface area contributed by atoms with Gasteiger partial charge < -0.3 is 9.55 Å². The number of hydrogen-bond acceptors (Lipinski definition) is 1. The van der Waals surface area contributed by atoms with Crippen molar-refractivity contribution in [1.82, 2.24) is 9.55 Å². The first kappa shape index (κ1) is 14.5. The minimum absolute atomic E-state index is 0.169. The lowest BCUT2D eigenvalue weighted by Crippen LogP contribution is -2.24. The van der Waals surface area contributed by atoms with E-state index < -0.39 is 0 Å². The fourth-order valence-corrected chi connectivity index (χ4v) is 4.29. The van der Waals surface area contributed by atoms with Crippen LogP contribution in [0.2, 0.25) is 0 Å². The Hall–Kier alpha value is -0.430. The molecule has 0 amide bonds. The number of H-pyrrole nitrogens is 1. The van der Waals surface area contributed by atoms with E-state index >= 15 is 0 Å². The molecule has 1 aromatic carbocycles. The summed E-state index contributed by atoms with van der Waals surface area (Å²) in [7, 11) is 0. The van der Waals surface area contributed by atoms with Gasteiger partial charge in [0.2, 0.25) is 0 Å². The number of benzene rings is 1. The zero-order chi connectivity index (χ0) is 14.4. The fraction of sp³-hybridized carbons (Fsp3) is 0.533. The van der Waals surface area contributed by atoms with Crippen molar-refractivity contribution in [2.75, 3.05) is 0 Å². The van der Waals surface area contributed by atoms with Crippen molar-refractivity contribution >= 4 is 45.8 Å². The molecule has 1 aliphatic rings. The Labute approximate surface area is 136 Å². The number of hydrogen-bond donors (Lipinski definition) is 1. The topological polar surface area (TPSA) is 20.7 Å². The summed E-state index contributed by atoms with van der Waals surface area (Å²) >= 11 is 7.50. The Morgan fingerprint density at radius 2 is 2.10 bits per heavy atom. The van der Waals surface area contributed by atoms with Crippen LogP contribution in [0, 0.1) is 26.0 Å². The quantitative estimate of drug-likeness (QED) is 0.496. The Bertz CT molecular complexity index is 706. The molecule has 0 aliphatic heterocycles. The van der Waals surface area contributed by atoms with E-state index in [9.17, 15) is 4.39 Å². The molecule has 3 rings (SSSR count). The second-order valence-electron chi connectivity index (χ2n) is 6.05.